The lowest BCUT2D eigenvalue weighted by Gasteiger charge is -2.07. The zero-order valence-electron chi connectivity index (χ0n) is 10.5. The molecule has 9 heteroatoms. The average Bonchev–Trinajstić information content (AvgIpc) is 2.97. The zero-order chi connectivity index (χ0) is 14.8. The van der Waals surface area contributed by atoms with Gasteiger partial charge in [-0.3, -0.25) is 0 Å². The number of oxime groups is 1. The molecule has 4 N–H and O–H groups in total. The van der Waals surface area contributed by atoms with E-state index in [4.69, 9.17) is 10.9 Å². The summed E-state index contributed by atoms with van der Waals surface area (Å²) in [6, 6.07) is 4.03. The van der Waals surface area contributed by atoms with E-state index in [1.807, 2.05) is 0 Å². The highest BCUT2D eigenvalue weighted by Crippen LogP contribution is 2.32. The van der Waals surface area contributed by atoms with E-state index in [-0.39, 0.29) is 11.4 Å². The van der Waals surface area contributed by atoms with Crippen LogP contribution in [0.15, 0.2) is 45.9 Å². The first-order valence-corrected chi connectivity index (χ1v) is 6.60. The van der Waals surface area contributed by atoms with Gasteiger partial charge < -0.3 is 15.9 Å². The molecular weight excluding hydrogens is 295 g/mol. The Balaban J connectivity index is 2.08. The number of aromatic nitrogens is 4. The van der Waals surface area contributed by atoms with Gasteiger partial charge in [-0.2, -0.15) is 0 Å². The Hall–Kier alpha value is -2.68. The fourth-order valence-corrected chi connectivity index (χ4v) is 2.74. The molecule has 0 unspecified atom stereocenters. The molecule has 2 aromatic heterocycles. The number of hydrogen-bond donors (Lipinski definition) is 3. The number of halogens is 1. The summed E-state index contributed by atoms with van der Waals surface area (Å²) in [6.45, 7) is 0. The maximum absolute atomic E-state index is 13.3. The number of aromatic amines is 1. The summed E-state index contributed by atoms with van der Waals surface area (Å²) >= 11 is 1.24. The predicted octanol–water partition coefficient (Wildman–Crippen LogP) is 1.74. The number of imidazole rings is 1. The van der Waals surface area contributed by atoms with E-state index in [0.29, 0.717) is 21.1 Å². The Kier molecular flexibility index (Phi) is 3.40. The normalized spacial score (nSPS) is 12.0. The quantitative estimate of drug-likeness (QED) is 0.223. The number of H-pyrrole nitrogens is 1. The van der Waals surface area contributed by atoms with Gasteiger partial charge in [-0.25, -0.2) is 19.3 Å². The van der Waals surface area contributed by atoms with Crippen molar-refractivity contribution in [1.82, 2.24) is 19.9 Å². The van der Waals surface area contributed by atoms with Gasteiger partial charge in [0, 0.05) is 10.5 Å². The molecule has 0 spiro atoms. The largest absolute Gasteiger partial charge is 0.409 e. The van der Waals surface area contributed by atoms with Crippen molar-refractivity contribution in [3.63, 3.8) is 0 Å². The van der Waals surface area contributed by atoms with Crippen LogP contribution in [0.25, 0.3) is 11.2 Å². The molecule has 0 aliphatic rings. The number of nitrogens with one attached hydrogen (secondary N) is 1. The van der Waals surface area contributed by atoms with Crippen LogP contribution in [-0.4, -0.2) is 31.0 Å². The Morgan fingerprint density at radius 2 is 2.19 bits per heavy atom. The van der Waals surface area contributed by atoms with E-state index in [1.54, 1.807) is 0 Å². The molecule has 1 aromatic carbocycles. The van der Waals surface area contributed by atoms with Crippen LogP contribution in [0, 0.1) is 5.82 Å². The highest BCUT2D eigenvalue weighted by atomic mass is 32.2. The Morgan fingerprint density at radius 1 is 1.33 bits per heavy atom. The summed E-state index contributed by atoms with van der Waals surface area (Å²) in [7, 11) is 0. The number of nitrogens with two attached hydrogens (primary N) is 1. The van der Waals surface area contributed by atoms with Crippen molar-refractivity contribution < 1.29 is 9.60 Å². The minimum atomic E-state index is -0.477. The third kappa shape index (κ3) is 2.50. The first-order chi connectivity index (χ1) is 10.2. The molecule has 0 bridgehead atoms. The van der Waals surface area contributed by atoms with E-state index < -0.39 is 5.82 Å². The highest BCUT2D eigenvalue weighted by molar-refractivity contribution is 7.99. The second-order valence-corrected chi connectivity index (χ2v) is 5.04. The maximum atomic E-state index is 13.3. The predicted molar refractivity (Wildman–Crippen MR) is 74.7 cm³/mol. The minimum Gasteiger partial charge on any atom is -0.409 e. The summed E-state index contributed by atoms with van der Waals surface area (Å²) in [5, 5.41) is 12.3. The van der Waals surface area contributed by atoms with E-state index in [0.717, 1.165) is 0 Å². The van der Waals surface area contributed by atoms with Crippen molar-refractivity contribution in [2.24, 2.45) is 10.9 Å². The lowest BCUT2D eigenvalue weighted by atomic mass is 10.2. The first-order valence-electron chi connectivity index (χ1n) is 5.78. The maximum Gasteiger partial charge on any atom is 0.181 e. The van der Waals surface area contributed by atoms with Crippen LogP contribution in [0.2, 0.25) is 0 Å². The molecule has 3 aromatic rings. The van der Waals surface area contributed by atoms with E-state index in [2.05, 4.69) is 25.1 Å². The van der Waals surface area contributed by atoms with Crippen LogP contribution >= 0.6 is 11.8 Å². The number of benzene rings is 1. The summed E-state index contributed by atoms with van der Waals surface area (Å²) in [5.74, 6) is -0.651. The van der Waals surface area contributed by atoms with Crippen molar-refractivity contribution in [2.45, 2.75) is 9.92 Å². The van der Waals surface area contributed by atoms with Crippen molar-refractivity contribution in [3.8, 4) is 0 Å². The number of fused-ring (bicyclic) bond motifs is 1. The molecule has 0 atom stereocenters. The summed E-state index contributed by atoms with van der Waals surface area (Å²) in [6.07, 6.45) is 2.90. The molecule has 0 radical (unpaired) electrons. The monoisotopic (exact) mass is 304 g/mol. The second-order valence-electron chi connectivity index (χ2n) is 4.01. The smallest absolute Gasteiger partial charge is 0.181 e. The molecule has 0 saturated heterocycles. The van der Waals surface area contributed by atoms with Gasteiger partial charge in [0.1, 0.15) is 22.7 Å². The summed E-state index contributed by atoms with van der Waals surface area (Å²) < 4.78 is 13.3. The van der Waals surface area contributed by atoms with E-state index >= 15 is 0 Å². The SMILES string of the molecule is NC(=NO)c1cc(F)ccc1Sc1ncnc2nc[nH]c12. The molecule has 7 nitrogen and oxygen atoms in total. The molecule has 0 amide bonds. The van der Waals surface area contributed by atoms with Gasteiger partial charge in [0.15, 0.2) is 11.5 Å². The van der Waals surface area contributed by atoms with Gasteiger partial charge >= 0.3 is 0 Å². The third-order valence-electron chi connectivity index (χ3n) is 2.72. The Labute approximate surface area is 122 Å². The summed E-state index contributed by atoms with van der Waals surface area (Å²) in [5.41, 5.74) is 7.06. The molecule has 21 heavy (non-hydrogen) atoms. The molecule has 0 saturated carbocycles. The molecule has 3 rings (SSSR count). The second kappa shape index (κ2) is 5.37. The van der Waals surface area contributed by atoms with Gasteiger partial charge in [-0.05, 0) is 18.2 Å². The molecule has 0 aliphatic carbocycles. The Bertz CT molecular complexity index is 833. The Morgan fingerprint density at radius 3 is 3.00 bits per heavy atom. The van der Waals surface area contributed by atoms with Crippen molar-refractivity contribution in [1.29, 1.82) is 0 Å². The lowest BCUT2D eigenvalue weighted by molar-refractivity contribution is 0.318. The highest BCUT2D eigenvalue weighted by Gasteiger charge is 2.13. The lowest BCUT2D eigenvalue weighted by Crippen LogP contribution is -2.14. The molecule has 0 fully saturated rings. The van der Waals surface area contributed by atoms with Gasteiger partial charge in [-0.15, -0.1) is 0 Å². The van der Waals surface area contributed by atoms with Crippen LogP contribution < -0.4 is 5.73 Å². The molecule has 2 heterocycles. The van der Waals surface area contributed by atoms with Crippen molar-refractivity contribution in [2.75, 3.05) is 0 Å². The molecular formula is C12H9FN6OS. The first kappa shape index (κ1) is 13.3. The number of rotatable bonds is 3. The van der Waals surface area contributed by atoms with Gasteiger partial charge in [-0.1, -0.05) is 16.9 Å². The standard InChI is InChI=1S/C12H9FN6OS/c13-6-1-2-8(7(3-6)10(14)19-20)21-12-9-11(16-4-15-9)17-5-18-12/h1-5,20H,(H2,14,19)(H,15,16,17,18). The molecule has 0 aliphatic heterocycles. The number of amidine groups is 1. The number of nitrogens with zero attached hydrogens (tertiary/aromatic N) is 4. The average molecular weight is 304 g/mol. The molecule has 106 valence electrons. The van der Waals surface area contributed by atoms with E-state index in [1.165, 1.54) is 42.6 Å². The fourth-order valence-electron chi connectivity index (χ4n) is 1.77. The third-order valence-corrected chi connectivity index (χ3v) is 3.80. The van der Waals surface area contributed by atoms with Gasteiger partial charge in [0.05, 0.1) is 6.33 Å². The van der Waals surface area contributed by atoms with Crippen LogP contribution in [0.3, 0.4) is 0 Å². The van der Waals surface area contributed by atoms with Gasteiger partial charge in [0.2, 0.25) is 0 Å². The van der Waals surface area contributed by atoms with Crippen LogP contribution in [0.5, 0.6) is 0 Å². The van der Waals surface area contributed by atoms with Crippen molar-refractivity contribution in [3.05, 3.63) is 42.2 Å². The number of hydrogen-bond acceptors (Lipinski definition) is 6. The van der Waals surface area contributed by atoms with Gasteiger partial charge in [0.25, 0.3) is 0 Å². The van der Waals surface area contributed by atoms with Crippen LogP contribution in [-0.2, 0) is 0 Å². The minimum absolute atomic E-state index is 0.174. The fraction of sp³-hybridized carbons (Fsp3) is 0. The van der Waals surface area contributed by atoms with E-state index in [9.17, 15) is 4.39 Å². The van der Waals surface area contributed by atoms with Crippen LogP contribution in [0.1, 0.15) is 5.56 Å². The zero-order valence-corrected chi connectivity index (χ0v) is 11.3. The van der Waals surface area contributed by atoms with Crippen molar-refractivity contribution >= 4 is 28.8 Å². The van der Waals surface area contributed by atoms with Crippen LogP contribution in [0.4, 0.5) is 4.39 Å². The topological polar surface area (TPSA) is 113 Å². The summed E-state index contributed by atoms with van der Waals surface area (Å²) in [4.78, 5) is 15.8.